The maximum absolute atomic E-state index is 13.3. The quantitative estimate of drug-likeness (QED) is 0.364. The molecular formula is C10H16F2N4O2. The van der Waals surface area contributed by atoms with E-state index in [9.17, 15) is 8.78 Å². The Kier molecular flexibility index (Phi) is 6.26. The minimum atomic E-state index is -0.850. The number of ether oxygens (including phenoxy) is 2. The molecule has 18 heavy (non-hydrogen) atoms. The highest BCUT2D eigenvalue weighted by Gasteiger charge is 2.10. The summed E-state index contributed by atoms with van der Waals surface area (Å²) in [4.78, 5) is 3.65. The SMILES string of the molecule is COCCOCCNc1nc(NN)c(F)cc1F. The molecule has 4 N–H and O–H groups in total. The van der Waals surface area contributed by atoms with Gasteiger partial charge in [-0.25, -0.2) is 19.6 Å². The van der Waals surface area contributed by atoms with E-state index < -0.39 is 11.6 Å². The fourth-order valence-electron chi connectivity index (χ4n) is 1.18. The Labute approximate surface area is 103 Å². The van der Waals surface area contributed by atoms with Crippen LogP contribution in [0, 0.1) is 11.6 Å². The average Bonchev–Trinajstić information content (AvgIpc) is 2.36. The molecule has 102 valence electrons. The topological polar surface area (TPSA) is 81.4 Å². The summed E-state index contributed by atoms with van der Waals surface area (Å²) in [6.07, 6.45) is 0. The van der Waals surface area contributed by atoms with Gasteiger partial charge in [-0.3, -0.25) is 0 Å². The molecule has 6 nitrogen and oxygen atoms in total. The number of nitrogens with one attached hydrogen (secondary N) is 2. The maximum Gasteiger partial charge on any atom is 0.178 e. The lowest BCUT2D eigenvalue weighted by atomic mass is 10.4. The number of hydrogen-bond donors (Lipinski definition) is 3. The number of anilines is 2. The van der Waals surface area contributed by atoms with E-state index in [4.69, 9.17) is 15.3 Å². The van der Waals surface area contributed by atoms with E-state index in [1.165, 1.54) is 0 Å². The predicted molar refractivity (Wildman–Crippen MR) is 63.1 cm³/mol. The average molecular weight is 262 g/mol. The zero-order valence-corrected chi connectivity index (χ0v) is 10.0. The van der Waals surface area contributed by atoms with Gasteiger partial charge in [-0.2, -0.15) is 0 Å². The third-order valence-corrected chi connectivity index (χ3v) is 2.04. The largest absolute Gasteiger partial charge is 0.382 e. The Morgan fingerprint density at radius 2 is 1.94 bits per heavy atom. The van der Waals surface area contributed by atoms with Crippen LogP contribution in [0.2, 0.25) is 0 Å². The summed E-state index contributed by atoms with van der Waals surface area (Å²) in [6, 6.07) is 0.705. The zero-order chi connectivity index (χ0) is 13.4. The van der Waals surface area contributed by atoms with Crippen molar-refractivity contribution in [2.75, 3.05) is 44.2 Å². The van der Waals surface area contributed by atoms with E-state index in [-0.39, 0.29) is 11.6 Å². The van der Waals surface area contributed by atoms with E-state index in [1.54, 1.807) is 7.11 Å². The lowest BCUT2D eigenvalue weighted by molar-refractivity contribution is 0.0759. The second-order valence-electron chi connectivity index (χ2n) is 3.33. The lowest BCUT2D eigenvalue weighted by Gasteiger charge is -2.09. The summed E-state index contributed by atoms with van der Waals surface area (Å²) in [5.74, 6) is 3.09. The van der Waals surface area contributed by atoms with E-state index in [1.807, 2.05) is 5.43 Å². The van der Waals surface area contributed by atoms with Gasteiger partial charge in [0.1, 0.15) is 0 Å². The standard InChI is InChI=1S/C10H16F2N4O2/c1-17-4-5-18-3-2-14-9-7(11)6-8(12)10(15-9)16-13/h6H,2-5,13H2,1H3,(H2,14,15,16). The minimum absolute atomic E-state index is 0.0836. The molecule has 0 saturated carbocycles. The summed E-state index contributed by atoms with van der Waals surface area (Å²) >= 11 is 0. The normalized spacial score (nSPS) is 10.4. The number of halogens is 2. The Morgan fingerprint density at radius 3 is 2.61 bits per heavy atom. The molecule has 0 saturated heterocycles. The molecule has 0 fully saturated rings. The van der Waals surface area contributed by atoms with Gasteiger partial charge in [-0.1, -0.05) is 0 Å². The van der Waals surface area contributed by atoms with Crippen molar-refractivity contribution in [3.05, 3.63) is 17.7 Å². The van der Waals surface area contributed by atoms with Crippen LogP contribution in [-0.4, -0.2) is 38.5 Å². The van der Waals surface area contributed by atoms with Crippen LogP contribution in [0.15, 0.2) is 6.07 Å². The number of hydrazine groups is 1. The second-order valence-corrected chi connectivity index (χ2v) is 3.33. The van der Waals surface area contributed by atoms with E-state index in [2.05, 4.69) is 10.3 Å². The smallest absolute Gasteiger partial charge is 0.178 e. The number of methoxy groups -OCH3 is 1. The van der Waals surface area contributed by atoms with Crippen molar-refractivity contribution in [1.82, 2.24) is 4.98 Å². The molecular weight excluding hydrogens is 246 g/mol. The summed E-state index contributed by atoms with van der Waals surface area (Å²) in [6.45, 7) is 1.63. The number of nitrogen functional groups attached to an aromatic ring is 1. The fourth-order valence-corrected chi connectivity index (χ4v) is 1.18. The molecule has 0 bridgehead atoms. The van der Waals surface area contributed by atoms with E-state index >= 15 is 0 Å². The lowest BCUT2D eigenvalue weighted by Crippen LogP contribution is -2.16. The molecule has 0 spiro atoms. The van der Waals surface area contributed by atoms with Crippen molar-refractivity contribution in [2.24, 2.45) is 5.84 Å². The van der Waals surface area contributed by atoms with Crippen molar-refractivity contribution < 1.29 is 18.3 Å². The van der Waals surface area contributed by atoms with Crippen molar-refractivity contribution in [1.29, 1.82) is 0 Å². The van der Waals surface area contributed by atoms with Crippen LogP contribution in [0.25, 0.3) is 0 Å². The monoisotopic (exact) mass is 262 g/mol. The summed E-state index contributed by atoms with van der Waals surface area (Å²) < 4.78 is 36.3. The minimum Gasteiger partial charge on any atom is -0.382 e. The summed E-state index contributed by atoms with van der Waals surface area (Å²) in [7, 11) is 1.57. The number of nitrogens with two attached hydrogens (primary N) is 1. The first-order valence-electron chi connectivity index (χ1n) is 5.32. The molecule has 8 heteroatoms. The van der Waals surface area contributed by atoms with Crippen LogP contribution >= 0.6 is 0 Å². The van der Waals surface area contributed by atoms with E-state index in [0.29, 0.717) is 32.4 Å². The van der Waals surface area contributed by atoms with Crippen molar-refractivity contribution in [3.8, 4) is 0 Å². The molecule has 0 unspecified atom stereocenters. The Bertz CT molecular complexity index is 379. The molecule has 1 rings (SSSR count). The Morgan fingerprint density at radius 1 is 1.22 bits per heavy atom. The van der Waals surface area contributed by atoms with Gasteiger partial charge in [0.05, 0.1) is 19.8 Å². The molecule has 0 atom stereocenters. The van der Waals surface area contributed by atoms with Crippen molar-refractivity contribution in [2.45, 2.75) is 0 Å². The first kappa shape index (κ1) is 14.6. The highest BCUT2D eigenvalue weighted by molar-refractivity contribution is 5.46. The molecule has 0 aliphatic rings. The molecule has 0 aliphatic carbocycles. The van der Waals surface area contributed by atoms with Gasteiger partial charge < -0.3 is 20.2 Å². The maximum atomic E-state index is 13.3. The third-order valence-electron chi connectivity index (χ3n) is 2.04. The first-order valence-corrected chi connectivity index (χ1v) is 5.32. The van der Waals surface area contributed by atoms with Crippen LogP contribution in [0.3, 0.4) is 0 Å². The van der Waals surface area contributed by atoms with Crippen LogP contribution in [0.5, 0.6) is 0 Å². The number of aromatic nitrogens is 1. The first-order chi connectivity index (χ1) is 8.69. The third kappa shape index (κ3) is 4.40. The number of pyridine rings is 1. The summed E-state index contributed by atoms with van der Waals surface area (Å²) in [5, 5.41) is 2.68. The van der Waals surface area contributed by atoms with Gasteiger partial charge in [-0.05, 0) is 0 Å². The van der Waals surface area contributed by atoms with Gasteiger partial charge in [0.25, 0.3) is 0 Å². The summed E-state index contributed by atoms with van der Waals surface area (Å²) in [5.41, 5.74) is 2.04. The molecule has 0 aromatic carbocycles. The molecule has 0 amide bonds. The van der Waals surface area contributed by atoms with Crippen LogP contribution in [-0.2, 0) is 9.47 Å². The highest BCUT2D eigenvalue weighted by Crippen LogP contribution is 2.17. The molecule has 1 heterocycles. The number of hydrogen-bond acceptors (Lipinski definition) is 6. The van der Waals surface area contributed by atoms with Crippen molar-refractivity contribution >= 4 is 11.6 Å². The van der Waals surface area contributed by atoms with Crippen molar-refractivity contribution in [3.63, 3.8) is 0 Å². The van der Waals surface area contributed by atoms with E-state index in [0.717, 1.165) is 0 Å². The van der Waals surface area contributed by atoms with Gasteiger partial charge in [0.2, 0.25) is 0 Å². The Hall–Kier alpha value is -1.51. The number of rotatable bonds is 8. The van der Waals surface area contributed by atoms with Gasteiger partial charge in [-0.15, -0.1) is 0 Å². The van der Waals surface area contributed by atoms with Crippen LogP contribution in [0.1, 0.15) is 0 Å². The van der Waals surface area contributed by atoms with Gasteiger partial charge >= 0.3 is 0 Å². The molecule has 1 aromatic rings. The van der Waals surface area contributed by atoms with Gasteiger partial charge in [0, 0.05) is 19.7 Å². The van der Waals surface area contributed by atoms with Crippen LogP contribution < -0.4 is 16.6 Å². The molecule has 1 aromatic heterocycles. The zero-order valence-electron chi connectivity index (χ0n) is 10.0. The molecule has 0 aliphatic heterocycles. The highest BCUT2D eigenvalue weighted by atomic mass is 19.1. The Balaban J connectivity index is 2.42. The van der Waals surface area contributed by atoms with Gasteiger partial charge in [0.15, 0.2) is 23.3 Å². The molecule has 0 radical (unpaired) electrons. The van der Waals surface area contributed by atoms with Crippen LogP contribution in [0.4, 0.5) is 20.4 Å². The second kappa shape index (κ2) is 7.75. The number of nitrogens with zero attached hydrogens (tertiary/aromatic N) is 1. The predicted octanol–water partition coefficient (Wildman–Crippen LogP) is 0.720. The fraction of sp³-hybridized carbons (Fsp3) is 0.500.